The van der Waals surface area contributed by atoms with E-state index in [1.807, 2.05) is 0 Å². The number of aromatic nitrogens is 5. The maximum atomic E-state index is 12.6. The van der Waals surface area contributed by atoms with Gasteiger partial charge in [0.2, 0.25) is 11.8 Å². The molecular weight excluding hydrogens is 447 g/mol. The Labute approximate surface area is 192 Å². The normalized spacial score (nSPS) is 21.9. The fourth-order valence-corrected chi connectivity index (χ4v) is 5.11. The molecule has 2 aliphatic rings. The summed E-state index contributed by atoms with van der Waals surface area (Å²) < 4.78 is 44.4. The molecule has 2 unspecified atom stereocenters. The van der Waals surface area contributed by atoms with Crippen LogP contribution in [0.1, 0.15) is 11.5 Å². The molecule has 8 nitrogen and oxygen atoms in total. The first kappa shape index (κ1) is 21.1. The highest BCUT2D eigenvalue weighted by Gasteiger charge is 2.55. The molecule has 4 heterocycles. The van der Waals surface area contributed by atoms with E-state index in [1.165, 1.54) is 28.9 Å². The number of anilines is 1. The van der Waals surface area contributed by atoms with Gasteiger partial charge in [0, 0.05) is 56.2 Å². The van der Waals surface area contributed by atoms with Gasteiger partial charge in [-0.3, -0.25) is 0 Å². The van der Waals surface area contributed by atoms with Crippen molar-refractivity contribution in [2.45, 2.75) is 12.7 Å². The molecule has 1 aliphatic heterocycles. The molecule has 0 bridgehead atoms. The van der Waals surface area contributed by atoms with Gasteiger partial charge in [0.25, 0.3) is 0 Å². The molecule has 0 amide bonds. The molecule has 1 aromatic carbocycles. The summed E-state index contributed by atoms with van der Waals surface area (Å²) in [7, 11) is 2.07. The number of hydrogen-bond donors (Lipinski definition) is 1. The smallest absolute Gasteiger partial charge is 0.350 e. The second-order valence-electron chi connectivity index (χ2n) is 9.00. The van der Waals surface area contributed by atoms with E-state index < -0.39 is 12.1 Å². The van der Waals surface area contributed by atoms with Crippen LogP contribution in [-0.4, -0.2) is 44.3 Å². The number of alkyl halides is 3. The molecule has 2 atom stereocenters. The maximum absolute atomic E-state index is 12.6. The number of piperidine rings is 1. The number of rotatable bonds is 6. The highest BCUT2D eigenvalue weighted by molar-refractivity contribution is 5.83. The lowest BCUT2D eigenvalue weighted by atomic mass is 10.1. The lowest BCUT2D eigenvalue weighted by Crippen LogP contribution is -2.28. The highest BCUT2D eigenvalue weighted by Crippen LogP contribution is 2.51. The topological polar surface area (TPSA) is 84.9 Å². The zero-order chi connectivity index (χ0) is 23.4. The summed E-state index contributed by atoms with van der Waals surface area (Å²) in [5.41, 5.74) is 2.83. The Kier molecular flexibility index (Phi) is 4.83. The molecule has 2 fully saturated rings. The Balaban J connectivity index is 1.02. The van der Waals surface area contributed by atoms with Crippen molar-refractivity contribution in [2.75, 3.05) is 24.5 Å². The van der Waals surface area contributed by atoms with E-state index in [2.05, 4.69) is 76.9 Å². The Bertz CT molecular complexity index is 1320. The predicted octanol–water partition coefficient (Wildman–Crippen LogP) is 3.51. The Morgan fingerprint density at radius 3 is 2.56 bits per heavy atom. The number of hydrogen-bond acceptors (Lipinski definition) is 7. The van der Waals surface area contributed by atoms with Crippen LogP contribution in [0.4, 0.5) is 19.1 Å². The Morgan fingerprint density at radius 2 is 1.85 bits per heavy atom. The van der Waals surface area contributed by atoms with Crippen LogP contribution >= 0.6 is 0 Å². The second-order valence-corrected chi connectivity index (χ2v) is 9.00. The average Bonchev–Trinajstić information content (AvgIpc) is 3.26. The Hall–Kier alpha value is -3.47. The van der Waals surface area contributed by atoms with Gasteiger partial charge in [0.1, 0.15) is 0 Å². The minimum absolute atomic E-state index is 0.180. The van der Waals surface area contributed by atoms with Crippen molar-refractivity contribution >= 4 is 16.9 Å². The van der Waals surface area contributed by atoms with Crippen molar-refractivity contribution in [1.82, 2.24) is 30.0 Å². The van der Waals surface area contributed by atoms with Gasteiger partial charge in [-0.05, 0) is 35.9 Å². The molecule has 6 rings (SSSR count). The van der Waals surface area contributed by atoms with Gasteiger partial charge >= 0.3 is 12.1 Å². The van der Waals surface area contributed by atoms with Crippen LogP contribution in [0.15, 0.2) is 47.4 Å². The molecule has 1 saturated heterocycles. The summed E-state index contributed by atoms with van der Waals surface area (Å²) in [6.45, 7) is 3.58. The van der Waals surface area contributed by atoms with Crippen LogP contribution in [0, 0.1) is 17.8 Å². The summed E-state index contributed by atoms with van der Waals surface area (Å²) >= 11 is 0. The number of halogens is 3. The van der Waals surface area contributed by atoms with Crippen LogP contribution in [0.3, 0.4) is 0 Å². The Morgan fingerprint density at radius 1 is 1.12 bits per heavy atom. The summed E-state index contributed by atoms with van der Waals surface area (Å²) in [5.74, 6) is 0.861. The lowest BCUT2D eigenvalue weighted by Gasteiger charge is -2.19. The molecule has 0 radical (unpaired) electrons. The fourth-order valence-electron chi connectivity index (χ4n) is 5.11. The molecule has 3 aromatic heterocycles. The first-order valence-electron chi connectivity index (χ1n) is 11.1. The van der Waals surface area contributed by atoms with Crippen LogP contribution in [-0.2, 0) is 19.8 Å². The molecule has 1 saturated carbocycles. The molecular formula is C23H22F3N7O. The largest absolute Gasteiger partial charge is 0.471 e. The number of fused-ring (bicyclic) bond motifs is 2. The number of nitrogens with one attached hydrogen (secondary N) is 1. The van der Waals surface area contributed by atoms with E-state index in [4.69, 9.17) is 0 Å². The van der Waals surface area contributed by atoms with Gasteiger partial charge < -0.3 is 19.3 Å². The summed E-state index contributed by atoms with van der Waals surface area (Å²) in [6, 6.07) is 8.43. The monoisotopic (exact) mass is 469 g/mol. The van der Waals surface area contributed by atoms with E-state index in [1.54, 1.807) is 0 Å². The number of aryl methyl sites for hydroxylation is 1. The van der Waals surface area contributed by atoms with Crippen LogP contribution in [0.25, 0.3) is 22.3 Å². The quantitative estimate of drug-likeness (QED) is 0.463. The first-order valence-corrected chi connectivity index (χ1v) is 11.1. The van der Waals surface area contributed by atoms with Crippen LogP contribution in [0.2, 0.25) is 0 Å². The molecule has 176 valence electrons. The van der Waals surface area contributed by atoms with Gasteiger partial charge in [-0.15, -0.1) is 0 Å². The molecule has 11 heteroatoms. The summed E-state index contributed by atoms with van der Waals surface area (Å²) in [5, 5.41) is 8.28. The molecule has 1 N–H and O–H groups in total. The third kappa shape index (κ3) is 3.69. The van der Waals surface area contributed by atoms with Gasteiger partial charge in [-0.2, -0.15) is 18.2 Å². The van der Waals surface area contributed by atoms with Crippen molar-refractivity contribution < 1.29 is 17.7 Å². The minimum atomic E-state index is -4.68. The molecule has 34 heavy (non-hydrogen) atoms. The van der Waals surface area contributed by atoms with Crippen molar-refractivity contribution in [3.8, 4) is 11.4 Å². The molecule has 4 aromatic rings. The third-order valence-corrected chi connectivity index (χ3v) is 6.89. The minimum Gasteiger partial charge on any atom is -0.350 e. The molecule has 1 aliphatic carbocycles. The van der Waals surface area contributed by atoms with Gasteiger partial charge in [-0.1, -0.05) is 23.4 Å². The summed E-state index contributed by atoms with van der Waals surface area (Å²) in [4.78, 5) is 14.1. The number of nitrogens with zero attached hydrogens (tertiary/aromatic N) is 6. The van der Waals surface area contributed by atoms with Crippen molar-refractivity contribution in [3.05, 3.63) is 54.3 Å². The number of para-hydroxylation sites is 1. The fraction of sp³-hybridized carbons (Fsp3) is 0.391. The van der Waals surface area contributed by atoms with Gasteiger partial charge in [-0.25, -0.2) is 9.97 Å². The SMILES string of the molecule is Cn1cc(CNCC2C3CN(c4ncc(-c5noc(C(F)(F)F)n5)cn4)CC23)c2ccccc21. The van der Waals surface area contributed by atoms with E-state index in [0.29, 0.717) is 23.7 Å². The van der Waals surface area contributed by atoms with E-state index in [9.17, 15) is 13.2 Å². The molecule has 0 spiro atoms. The zero-order valence-electron chi connectivity index (χ0n) is 18.3. The van der Waals surface area contributed by atoms with E-state index >= 15 is 0 Å². The second kappa shape index (κ2) is 7.79. The van der Waals surface area contributed by atoms with Crippen molar-refractivity contribution in [1.29, 1.82) is 0 Å². The standard InChI is InChI=1S/C23H22F3N7O/c1-32-10-14(15-4-2-3-5-19(15)32)6-27-9-16-17-11-33(12-18(16)17)22-28-7-13(8-29-22)20-30-21(34-31-20)23(24,25)26/h2-5,7-8,10,16-18,27H,6,9,11-12H2,1H3. The van der Waals surface area contributed by atoms with Crippen molar-refractivity contribution in [3.63, 3.8) is 0 Å². The number of benzene rings is 1. The third-order valence-electron chi connectivity index (χ3n) is 6.89. The predicted molar refractivity (Wildman–Crippen MR) is 118 cm³/mol. The maximum Gasteiger partial charge on any atom is 0.471 e. The van der Waals surface area contributed by atoms with Gasteiger partial charge in [0.15, 0.2) is 0 Å². The summed E-state index contributed by atoms with van der Waals surface area (Å²) in [6.07, 6.45) is 0.372. The van der Waals surface area contributed by atoms with E-state index in [-0.39, 0.29) is 11.4 Å². The van der Waals surface area contributed by atoms with Crippen molar-refractivity contribution in [2.24, 2.45) is 24.8 Å². The first-order chi connectivity index (χ1) is 16.4. The van der Waals surface area contributed by atoms with E-state index in [0.717, 1.165) is 26.2 Å². The van der Waals surface area contributed by atoms with Gasteiger partial charge in [0.05, 0.1) is 5.56 Å². The van der Waals surface area contributed by atoms with Crippen LogP contribution in [0.5, 0.6) is 0 Å². The lowest BCUT2D eigenvalue weighted by molar-refractivity contribution is -0.159. The average molecular weight is 469 g/mol. The highest BCUT2D eigenvalue weighted by atomic mass is 19.4. The van der Waals surface area contributed by atoms with Crippen LogP contribution < -0.4 is 10.2 Å². The zero-order valence-corrected chi connectivity index (χ0v) is 18.3.